The van der Waals surface area contributed by atoms with Crippen molar-refractivity contribution in [3.05, 3.63) is 95.6 Å². The summed E-state index contributed by atoms with van der Waals surface area (Å²) in [5, 5.41) is 0. The standard InChI is InChI=1S/C27H27NO4/c1-4-24-31-21-12-11-20(16-23(21)32-24)26-25-19(10-13-22(29-2)27(25)30-3)14-15-28(26)17-18-8-6-5-7-9-18/h4-13,16,24,26H,1,14-15,17H2,2-3H3. The van der Waals surface area contributed by atoms with Crippen LogP contribution in [0.25, 0.3) is 0 Å². The molecule has 0 fully saturated rings. The number of hydrogen-bond donors (Lipinski definition) is 0. The second-order valence-corrected chi connectivity index (χ2v) is 8.03. The number of rotatable bonds is 6. The molecule has 2 atom stereocenters. The Kier molecular flexibility index (Phi) is 5.50. The zero-order valence-electron chi connectivity index (χ0n) is 18.4. The molecule has 2 aliphatic rings. The van der Waals surface area contributed by atoms with Gasteiger partial charge >= 0.3 is 0 Å². The third-order valence-electron chi connectivity index (χ3n) is 6.17. The van der Waals surface area contributed by atoms with Crippen molar-refractivity contribution in [2.75, 3.05) is 20.8 Å². The number of ether oxygens (including phenoxy) is 4. The minimum absolute atomic E-state index is 0.0133. The summed E-state index contributed by atoms with van der Waals surface area (Å²) in [6.45, 7) is 5.54. The van der Waals surface area contributed by atoms with Crippen molar-refractivity contribution in [2.45, 2.75) is 25.3 Å². The van der Waals surface area contributed by atoms with Crippen LogP contribution in [0.3, 0.4) is 0 Å². The van der Waals surface area contributed by atoms with E-state index in [1.807, 2.05) is 18.2 Å². The fourth-order valence-corrected chi connectivity index (χ4v) is 4.71. The summed E-state index contributed by atoms with van der Waals surface area (Å²) in [6, 6.07) is 20.9. The van der Waals surface area contributed by atoms with Crippen LogP contribution in [-0.4, -0.2) is 32.0 Å². The van der Waals surface area contributed by atoms with Crippen LogP contribution >= 0.6 is 0 Å². The molecule has 0 aliphatic carbocycles. The smallest absolute Gasteiger partial charge is 0.260 e. The van der Waals surface area contributed by atoms with Gasteiger partial charge in [-0.3, -0.25) is 4.90 Å². The summed E-state index contributed by atoms with van der Waals surface area (Å²) in [5.74, 6) is 3.00. The van der Waals surface area contributed by atoms with Crippen molar-refractivity contribution >= 4 is 0 Å². The van der Waals surface area contributed by atoms with Crippen LogP contribution in [0.4, 0.5) is 0 Å². The van der Waals surface area contributed by atoms with Crippen LogP contribution in [-0.2, 0) is 13.0 Å². The van der Waals surface area contributed by atoms with Crippen LogP contribution in [0.1, 0.15) is 28.3 Å². The van der Waals surface area contributed by atoms with Gasteiger partial charge in [-0.25, -0.2) is 0 Å². The van der Waals surface area contributed by atoms with E-state index in [0.29, 0.717) is 0 Å². The topological polar surface area (TPSA) is 40.2 Å². The summed E-state index contributed by atoms with van der Waals surface area (Å²) < 4.78 is 23.2. The van der Waals surface area contributed by atoms with Crippen LogP contribution in [0, 0.1) is 0 Å². The summed E-state index contributed by atoms with van der Waals surface area (Å²) in [7, 11) is 3.39. The highest BCUT2D eigenvalue weighted by Gasteiger charge is 2.34. The third-order valence-corrected chi connectivity index (χ3v) is 6.17. The monoisotopic (exact) mass is 429 g/mol. The molecular weight excluding hydrogens is 402 g/mol. The molecule has 3 aromatic rings. The lowest BCUT2D eigenvalue weighted by Crippen LogP contribution is -2.36. The lowest BCUT2D eigenvalue weighted by Gasteiger charge is -2.39. The number of methoxy groups -OCH3 is 2. The van der Waals surface area contributed by atoms with Crippen molar-refractivity contribution in [1.29, 1.82) is 0 Å². The van der Waals surface area contributed by atoms with Gasteiger partial charge in [-0.15, -0.1) is 0 Å². The third kappa shape index (κ3) is 3.59. The van der Waals surface area contributed by atoms with Gasteiger partial charge in [0.2, 0.25) is 0 Å². The molecule has 32 heavy (non-hydrogen) atoms. The molecule has 5 heteroatoms. The molecule has 3 aromatic carbocycles. The normalized spacial score (nSPS) is 19.3. The first-order valence-corrected chi connectivity index (χ1v) is 10.8. The molecule has 2 heterocycles. The van der Waals surface area contributed by atoms with E-state index in [-0.39, 0.29) is 6.04 Å². The molecule has 0 bridgehead atoms. The molecule has 0 radical (unpaired) electrons. The molecular formula is C27H27NO4. The molecule has 164 valence electrons. The minimum atomic E-state index is -0.450. The van der Waals surface area contributed by atoms with Gasteiger partial charge in [0.1, 0.15) is 0 Å². The van der Waals surface area contributed by atoms with Crippen LogP contribution < -0.4 is 18.9 Å². The Morgan fingerprint density at radius 1 is 1.00 bits per heavy atom. The lowest BCUT2D eigenvalue weighted by molar-refractivity contribution is 0.0954. The van der Waals surface area contributed by atoms with E-state index in [0.717, 1.165) is 53.6 Å². The van der Waals surface area contributed by atoms with E-state index in [1.165, 1.54) is 11.1 Å². The Morgan fingerprint density at radius 2 is 1.81 bits per heavy atom. The number of hydrogen-bond acceptors (Lipinski definition) is 5. The SMILES string of the molecule is C=CC1Oc2ccc(C3c4c(ccc(OC)c4OC)CCN3Cc3ccccc3)cc2O1. The molecule has 5 rings (SSSR count). The minimum Gasteiger partial charge on any atom is -0.493 e. The van der Waals surface area contributed by atoms with Gasteiger partial charge in [-0.2, -0.15) is 0 Å². The van der Waals surface area contributed by atoms with Gasteiger partial charge in [-0.05, 0) is 47.4 Å². The van der Waals surface area contributed by atoms with Gasteiger partial charge in [0.15, 0.2) is 23.0 Å². The largest absolute Gasteiger partial charge is 0.493 e. The van der Waals surface area contributed by atoms with E-state index in [2.05, 4.69) is 53.9 Å². The van der Waals surface area contributed by atoms with Crippen molar-refractivity contribution in [1.82, 2.24) is 4.90 Å². The molecule has 2 unspecified atom stereocenters. The Balaban J connectivity index is 1.63. The first-order chi connectivity index (χ1) is 15.7. The summed E-state index contributed by atoms with van der Waals surface area (Å²) in [6.07, 6.45) is 2.15. The maximum atomic E-state index is 5.92. The predicted octanol–water partition coefficient (Wildman–Crippen LogP) is 5.13. The van der Waals surface area contributed by atoms with Crippen molar-refractivity contribution in [3.8, 4) is 23.0 Å². The molecule has 0 aromatic heterocycles. The van der Waals surface area contributed by atoms with Gasteiger partial charge in [0.05, 0.1) is 20.3 Å². The molecule has 2 aliphatic heterocycles. The molecule has 0 amide bonds. The average molecular weight is 430 g/mol. The molecule has 5 nitrogen and oxygen atoms in total. The zero-order chi connectivity index (χ0) is 22.1. The van der Waals surface area contributed by atoms with E-state index in [9.17, 15) is 0 Å². The average Bonchev–Trinajstić information content (AvgIpc) is 3.26. The number of fused-ring (bicyclic) bond motifs is 2. The molecule has 0 saturated carbocycles. The summed E-state index contributed by atoms with van der Waals surface area (Å²) >= 11 is 0. The highest BCUT2D eigenvalue weighted by Crippen LogP contribution is 2.47. The summed E-state index contributed by atoms with van der Waals surface area (Å²) in [4.78, 5) is 2.49. The van der Waals surface area contributed by atoms with Gasteiger partial charge < -0.3 is 18.9 Å². The predicted molar refractivity (Wildman–Crippen MR) is 124 cm³/mol. The number of benzene rings is 3. The fraction of sp³-hybridized carbons (Fsp3) is 0.259. The van der Waals surface area contributed by atoms with E-state index >= 15 is 0 Å². The Labute approximate surface area is 188 Å². The van der Waals surface area contributed by atoms with Gasteiger partial charge in [0, 0.05) is 18.7 Å². The first-order valence-electron chi connectivity index (χ1n) is 10.8. The van der Waals surface area contributed by atoms with Crippen molar-refractivity contribution in [3.63, 3.8) is 0 Å². The van der Waals surface area contributed by atoms with Gasteiger partial charge in [-0.1, -0.05) is 49.0 Å². The van der Waals surface area contributed by atoms with Gasteiger partial charge in [0.25, 0.3) is 6.29 Å². The van der Waals surface area contributed by atoms with Crippen LogP contribution in [0.2, 0.25) is 0 Å². The zero-order valence-corrected chi connectivity index (χ0v) is 18.4. The Morgan fingerprint density at radius 3 is 2.56 bits per heavy atom. The quantitative estimate of drug-likeness (QED) is 0.508. The number of nitrogens with zero attached hydrogens (tertiary/aromatic N) is 1. The molecule has 0 spiro atoms. The first kappa shape index (κ1) is 20.5. The summed E-state index contributed by atoms with van der Waals surface area (Å²) in [5.41, 5.74) is 4.82. The molecule has 0 saturated heterocycles. The van der Waals surface area contributed by atoms with E-state index in [4.69, 9.17) is 18.9 Å². The maximum Gasteiger partial charge on any atom is 0.260 e. The highest BCUT2D eigenvalue weighted by atomic mass is 16.7. The van der Waals surface area contributed by atoms with E-state index < -0.39 is 6.29 Å². The van der Waals surface area contributed by atoms with Crippen LogP contribution in [0.5, 0.6) is 23.0 Å². The van der Waals surface area contributed by atoms with Crippen molar-refractivity contribution in [2.24, 2.45) is 0 Å². The van der Waals surface area contributed by atoms with E-state index in [1.54, 1.807) is 20.3 Å². The molecule has 0 N–H and O–H groups in total. The Bertz CT molecular complexity index is 1130. The van der Waals surface area contributed by atoms with Crippen LogP contribution in [0.15, 0.2) is 73.3 Å². The lowest BCUT2D eigenvalue weighted by atomic mass is 9.86. The maximum absolute atomic E-state index is 5.92. The second-order valence-electron chi connectivity index (χ2n) is 8.03. The second kappa shape index (κ2) is 8.60. The Hall–Kier alpha value is -3.44. The fourth-order valence-electron chi connectivity index (χ4n) is 4.71. The highest BCUT2D eigenvalue weighted by molar-refractivity contribution is 5.57. The van der Waals surface area contributed by atoms with Crippen molar-refractivity contribution < 1.29 is 18.9 Å².